The molecule has 2 aromatic carbocycles. The van der Waals surface area contributed by atoms with Crippen molar-refractivity contribution >= 4 is 21.7 Å². The summed E-state index contributed by atoms with van der Waals surface area (Å²) in [7, 11) is 1.58. The third-order valence-corrected chi connectivity index (χ3v) is 5.23. The molecule has 5 nitrogen and oxygen atoms in total. The molecule has 0 unspecified atom stereocenters. The van der Waals surface area contributed by atoms with E-state index in [4.69, 9.17) is 13.9 Å². The van der Waals surface area contributed by atoms with Gasteiger partial charge < -0.3 is 18.8 Å². The van der Waals surface area contributed by atoms with Gasteiger partial charge in [-0.25, -0.2) is 4.79 Å². The predicted octanol–water partition coefficient (Wildman–Crippen LogP) is 4.21. The van der Waals surface area contributed by atoms with Crippen molar-refractivity contribution in [3.05, 3.63) is 46.8 Å². The summed E-state index contributed by atoms with van der Waals surface area (Å²) in [6.07, 6.45) is 4.84. The lowest BCUT2D eigenvalue weighted by Crippen LogP contribution is -2.20. The quantitative estimate of drug-likeness (QED) is 0.356. The second kappa shape index (κ2) is 8.01. The molecule has 0 radical (unpaired) electrons. The average Bonchev–Trinajstić information content (AvgIpc) is 3.21. The highest BCUT2D eigenvalue weighted by Gasteiger charge is 2.11. The van der Waals surface area contributed by atoms with E-state index in [1.807, 2.05) is 24.3 Å². The number of methoxy groups -OCH3 is 1. The minimum Gasteiger partial charge on any atom is -0.497 e. The van der Waals surface area contributed by atoms with Gasteiger partial charge in [0, 0.05) is 16.8 Å². The van der Waals surface area contributed by atoms with Gasteiger partial charge in [-0.2, -0.15) is 0 Å². The first-order valence-corrected chi connectivity index (χ1v) is 9.64. The van der Waals surface area contributed by atoms with Crippen LogP contribution in [0.25, 0.3) is 21.7 Å². The number of rotatable bonds is 7. The maximum Gasteiger partial charge on any atom is 0.344 e. The molecule has 5 heteroatoms. The standard InChI is InChI=1S/C22H25NO4/c1-25-16-6-8-18-19-9-7-17(15-21(19)27-22(24)20(18)14-16)26-13-5-4-12-23-10-2-3-11-23/h6-9,14-15H,2-5,10-13H2,1H3. The number of unbranched alkanes of at least 4 members (excludes halogenated alkanes) is 1. The summed E-state index contributed by atoms with van der Waals surface area (Å²) in [5.74, 6) is 1.38. The van der Waals surface area contributed by atoms with Crippen molar-refractivity contribution < 1.29 is 13.9 Å². The summed E-state index contributed by atoms with van der Waals surface area (Å²) >= 11 is 0. The Bertz CT molecular complexity index is 989. The summed E-state index contributed by atoms with van der Waals surface area (Å²) in [5, 5.41) is 2.28. The third kappa shape index (κ3) is 3.93. The molecule has 142 valence electrons. The molecule has 0 saturated carbocycles. The highest BCUT2D eigenvalue weighted by atomic mass is 16.5. The molecule has 0 bridgehead atoms. The van der Waals surface area contributed by atoms with Gasteiger partial charge in [-0.15, -0.1) is 0 Å². The zero-order chi connectivity index (χ0) is 18.6. The number of ether oxygens (including phenoxy) is 2. The van der Waals surface area contributed by atoms with E-state index in [0.717, 1.165) is 35.9 Å². The molecule has 0 aliphatic carbocycles. The maximum absolute atomic E-state index is 12.3. The fourth-order valence-corrected chi connectivity index (χ4v) is 3.74. The minimum atomic E-state index is -0.362. The molecule has 0 N–H and O–H groups in total. The Morgan fingerprint density at radius 2 is 1.74 bits per heavy atom. The van der Waals surface area contributed by atoms with Crippen molar-refractivity contribution in [2.45, 2.75) is 25.7 Å². The van der Waals surface area contributed by atoms with Crippen molar-refractivity contribution in [1.29, 1.82) is 0 Å². The fraction of sp³-hybridized carbons (Fsp3) is 0.409. The van der Waals surface area contributed by atoms with Gasteiger partial charge >= 0.3 is 5.63 Å². The van der Waals surface area contributed by atoms with Crippen molar-refractivity contribution in [2.75, 3.05) is 33.4 Å². The Kier molecular flexibility index (Phi) is 5.30. The Balaban J connectivity index is 1.45. The van der Waals surface area contributed by atoms with Crippen molar-refractivity contribution in [2.24, 2.45) is 0 Å². The summed E-state index contributed by atoms with van der Waals surface area (Å²) < 4.78 is 16.6. The van der Waals surface area contributed by atoms with E-state index in [9.17, 15) is 4.79 Å². The highest BCUT2D eigenvalue weighted by Crippen LogP contribution is 2.28. The minimum absolute atomic E-state index is 0.362. The Morgan fingerprint density at radius 1 is 0.963 bits per heavy atom. The van der Waals surface area contributed by atoms with Crippen molar-refractivity contribution in [1.82, 2.24) is 4.90 Å². The van der Waals surface area contributed by atoms with Crippen LogP contribution in [0.5, 0.6) is 11.5 Å². The second-order valence-electron chi connectivity index (χ2n) is 7.06. The lowest BCUT2D eigenvalue weighted by molar-refractivity contribution is 0.279. The van der Waals surface area contributed by atoms with E-state index in [2.05, 4.69) is 4.90 Å². The fourth-order valence-electron chi connectivity index (χ4n) is 3.74. The summed E-state index contributed by atoms with van der Waals surface area (Å²) in [6, 6.07) is 11.2. The molecule has 0 amide bonds. The van der Waals surface area contributed by atoms with Crippen LogP contribution in [0.15, 0.2) is 45.6 Å². The monoisotopic (exact) mass is 367 g/mol. The van der Waals surface area contributed by atoms with Gasteiger partial charge in [0.2, 0.25) is 0 Å². The normalized spacial score (nSPS) is 14.9. The van der Waals surface area contributed by atoms with Gasteiger partial charge in [-0.3, -0.25) is 0 Å². The lowest BCUT2D eigenvalue weighted by atomic mass is 10.1. The van der Waals surface area contributed by atoms with E-state index in [-0.39, 0.29) is 5.63 Å². The number of hydrogen-bond acceptors (Lipinski definition) is 5. The third-order valence-electron chi connectivity index (χ3n) is 5.23. The zero-order valence-electron chi connectivity index (χ0n) is 15.7. The molecule has 2 heterocycles. The number of nitrogens with zero attached hydrogens (tertiary/aromatic N) is 1. The maximum atomic E-state index is 12.3. The summed E-state index contributed by atoms with van der Waals surface area (Å²) in [4.78, 5) is 14.8. The number of likely N-dealkylation sites (tertiary alicyclic amines) is 1. The molecule has 0 spiro atoms. The van der Waals surface area contributed by atoms with E-state index < -0.39 is 0 Å². The van der Waals surface area contributed by atoms with Crippen LogP contribution in [0.3, 0.4) is 0 Å². The SMILES string of the molecule is COc1ccc2c(c1)c(=O)oc1cc(OCCCCN3CCCC3)ccc12. The number of hydrogen-bond donors (Lipinski definition) is 0. The van der Waals surface area contributed by atoms with Gasteiger partial charge in [-0.05, 0) is 75.6 Å². The van der Waals surface area contributed by atoms with Gasteiger partial charge in [0.25, 0.3) is 0 Å². The number of fused-ring (bicyclic) bond motifs is 3. The topological polar surface area (TPSA) is 51.9 Å². The van der Waals surface area contributed by atoms with Crippen LogP contribution in [-0.2, 0) is 0 Å². The van der Waals surface area contributed by atoms with Gasteiger partial charge in [-0.1, -0.05) is 0 Å². The smallest absolute Gasteiger partial charge is 0.344 e. The Hall–Kier alpha value is -2.53. The number of benzene rings is 2. The molecule has 27 heavy (non-hydrogen) atoms. The van der Waals surface area contributed by atoms with Gasteiger partial charge in [0.1, 0.15) is 17.1 Å². The average molecular weight is 367 g/mol. The molecular formula is C22H25NO4. The zero-order valence-corrected chi connectivity index (χ0v) is 15.7. The van der Waals surface area contributed by atoms with Crippen LogP contribution in [0.2, 0.25) is 0 Å². The van der Waals surface area contributed by atoms with E-state index in [1.165, 1.54) is 25.9 Å². The molecule has 4 rings (SSSR count). The summed E-state index contributed by atoms with van der Waals surface area (Å²) in [6.45, 7) is 4.31. The molecule has 1 fully saturated rings. The van der Waals surface area contributed by atoms with Crippen LogP contribution in [0.1, 0.15) is 25.7 Å². The molecular weight excluding hydrogens is 342 g/mol. The molecule has 0 atom stereocenters. The van der Waals surface area contributed by atoms with Gasteiger partial charge in [0.15, 0.2) is 0 Å². The first kappa shape index (κ1) is 17.9. The Morgan fingerprint density at radius 3 is 2.56 bits per heavy atom. The second-order valence-corrected chi connectivity index (χ2v) is 7.06. The van der Waals surface area contributed by atoms with Crippen LogP contribution in [0.4, 0.5) is 0 Å². The van der Waals surface area contributed by atoms with Crippen molar-refractivity contribution in [3.63, 3.8) is 0 Å². The molecule has 3 aromatic rings. The molecule has 1 aromatic heterocycles. The molecule has 1 saturated heterocycles. The van der Waals surface area contributed by atoms with Crippen LogP contribution >= 0.6 is 0 Å². The molecule has 1 aliphatic rings. The van der Waals surface area contributed by atoms with E-state index in [0.29, 0.717) is 23.3 Å². The summed E-state index contributed by atoms with van der Waals surface area (Å²) in [5.41, 5.74) is 0.186. The Labute approximate surface area is 158 Å². The largest absolute Gasteiger partial charge is 0.497 e. The molecule has 1 aliphatic heterocycles. The lowest BCUT2D eigenvalue weighted by Gasteiger charge is -2.14. The first-order valence-electron chi connectivity index (χ1n) is 9.64. The van der Waals surface area contributed by atoms with Gasteiger partial charge in [0.05, 0.1) is 19.1 Å². The van der Waals surface area contributed by atoms with Crippen LogP contribution in [0, 0.1) is 0 Å². The first-order chi connectivity index (χ1) is 13.2. The van der Waals surface area contributed by atoms with E-state index >= 15 is 0 Å². The van der Waals surface area contributed by atoms with Crippen LogP contribution < -0.4 is 15.1 Å². The highest BCUT2D eigenvalue weighted by molar-refractivity contribution is 6.04. The predicted molar refractivity (Wildman–Crippen MR) is 107 cm³/mol. The van der Waals surface area contributed by atoms with E-state index in [1.54, 1.807) is 19.2 Å². The van der Waals surface area contributed by atoms with Crippen molar-refractivity contribution in [3.8, 4) is 11.5 Å². The van der Waals surface area contributed by atoms with Crippen LogP contribution in [-0.4, -0.2) is 38.3 Å².